The summed E-state index contributed by atoms with van der Waals surface area (Å²) in [5.41, 5.74) is 2.24. The number of rotatable bonds is 9. The predicted octanol–water partition coefficient (Wildman–Crippen LogP) is 8.15. The van der Waals surface area contributed by atoms with E-state index in [1.165, 1.54) is 11.6 Å². The van der Waals surface area contributed by atoms with Crippen molar-refractivity contribution in [2.75, 3.05) is 0 Å². The van der Waals surface area contributed by atoms with Crippen molar-refractivity contribution >= 4 is 6.16 Å². The Hall–Kier alpha value is -3.67. The van der Waals surface area contributed by atoms with Gasteiger partial charge in [0, 0.05) is 0 Å². The molecule has 204 valence electrons. The monoisotopic (exact) mass is 520 g/mol. The zero-order valence-electron chi connectivity index (χ0n) is 23.2. The summed E-state index contributed by atoms with van der Waals surface area (Å²) in [6, 6.07) is 20.5. The molecule has 3 N–H and O–H groups in total. The van der Waals surface area contributed by atoms with Gasteiger partial charge >= 0.3 is 6.16 Å². The number of carbonyl (C=O) groups excluding carboxylic acids is 1. The average molecular weight is 521 g/mol. The van der Waals surface area contributed by atoms with Gasteiger partial charge < -0.3 is 24.8 Å². The number of hydrogen-bond acceptors (Lipinski definition) is 6. The smallest absolute Gasteiger partial charge is 0.504 e. The summed E-state index contributed by atoms with van der Waals surface area (Å²) in [5.74, 6) is -0.226. The van der Waals surface area contributed by atoms with Gasteiger partial charge in [0.05, 0.1) is 0 Å². The van der Waals surface area contributed by atoms with Gasteiger partial charge in [-0.3, -0.25) is 0 Å². The van der Waals surface area contributed by atoms with E-state index in [0.29, 0.717) is 0 Å². The first kappa shape index (κ1) is 28.9. The Labute approximate surface area is 225 Å². The lowest BCUT2D eigenvalue weighted by molar-refractivity contribution is 0.0200. The number of carbonyl (C=O) groups is 1. The average Bonchev–Trinajstić information content (AvgIpc) is 2.84. The second-order valence-electron chi connectivity index (χ2n) is 11.5. The molecule has 3 rings (SSSR count). The van der Waals surface area contributed by atoms with Crippen LogP contribution in [0.2, 0.25) is 0 Å². The summed E-state index contributed by atoms with van der Waals surface area (Å²) in [6.07, 6.45) is 1.51. The van der Waals surface area contributed by atoms with Crippen LogP contribution in [0, 0.1) is 0 Å². The topological polar surface area (TPSA) is 96.2 Å². The lowest BCUT2D eigenvalue weighted by atomic mass is 9.72. The molecule has 6 heteroatoms. The Balaban J connectivity index is 1.88. The van der Waals surface area contributed by atoms with Crippen molar-refractivity contribution in [1.29, 1.82) is 0 Å². The molecule has 2 unspecified atom stereocenters. The van der Waals surface area contributed by atoms with E-state index in [1.807, 2.05) is 30.3 Å². The molecule has 0 saturated heterocycles. The van der Waals surface area contributed by atoms with E-state index >= 15 is 0 Å². The molecule has 0 radical (unpaired) electrons. The van der Waals surface area contributed by atoms with E-state index in [4.69, 9.17) is 9.47 Å². The molecule has 0 aliphatic heterocycles. The molecule has 6 nitrogen and oxygen atoms in total. The van der Waals surface area contributed by atoms with E-state index < -0.39 is 11.8 Å². The van der Waals surface area contributed by atoms with E-state index in [9.17, 15) is 20.1 Å². The standard InChI is InChI=1S/C32H40O6/c1-7-21(22-14-16-29(28(35)19-22)37-30(36)38-31(2,3)4)17-24(23-13-15-26(33)27(34)18-23)20-32(5,6)25-11-9-8-10-12-25/h8-16,18-19,21,24,33-35H,7,17,20H2,1-6H3. The van der Waals surface area contributed by atoms with Gasteiger partial charge in [0.1, 0.15) is 5.60 Å². The highest BCUT2D eigenvalue weighted by Gasteiger charge is 2.29. The van der Waals surface area contributed by atoms with Crippen LogP contribution in [0.3, 0.4) is 0 Å². The van der Waals surface area contributed by atoms with E-state index in [1.54, 1.807) is 39.0 Å². The lowest BCUT2D eigenvalue weighted by Gasteiger charge is -2.33. The first-order chi connectivity index (χ1) is 17.8. The first-order valence-corrected chi connectivity index (χ1v) is 13.1. The summed E-state index contributed by atoms with van der Waals surface area (Å²) in [5, 5.41) is 30.8. The van der Waals surface area contributed by atoms with Crippen LogP contribution in [0.1, 0.15) is 89.3 Å². The van der Waals surface area contributed by atoms with Crippen LogP contribution in [-0.2, 0) is 10.2 Å². The predicted molar refractivity (Wildman–Crippen MR) is 149 cm³/mol. The Morgan fingerprint density at radius 2 is 1.39 bits per heavy atom. The molecule has 0 fully saturated rings. The van der Waals surface area contributed by atoms with Crippen LogP contribution in [0.5, 0.6) is 23.0 Å². The quantitative estimate of drug-likeness (QED) is 0.150. The van der Waals surface area contributed by atoms with Crippen LogP contribution in [0.15, 0.2) is 66.7 Å². The molecule has 0 saturated carbocycles. The number of ether oxygens (including phenoxy) is 2. The highest BCUT2D eigenvalue weighted by Crippen LogP contribution is 2.43. The Kier molecular flexibility index (Phi) is 8.97. The van der Waals surface area contributed by atoms with Crippen molar-refractivity contribution in [3.8, 4) is 23.0 Å². The molecule has 0 spiro atoms. The molecule has 0 aliphatic rings. The van der Waals surface area contributed by atoms with Gasteiger partial charge in [-0.2, -0.15) is 0 Å². The van der Waals surface area contributed by atoms with Crippen molar-refractivity contribution in [2.45, 2.75) is 83.7 Å². The summed E-state index contributed by atoms with van der Waals surface area (Å²) >= 11 is 0. The number of phenolic OH excluding ortho intramolecular Hbond substituents is 3. The maximum absolute atomic E-state index is 12.1. The molecule has 2 atom stereocenters. The molecule has 0 heterocycles. The third kappa shape index (κ3) is 7.67. The van der Waals surface area contributed by atoms with E-state index in [-0.39, 0.29) is 40.2 Å². The van der Waals surface area contributed by atoms with Crippen molar-refractivity contribution in [3.63, 3.8) is 0 Å². The maximum atomic E-state index is 12.1. The molecule has 0 aliphatic carbocycles. The zero-order chi connectivity index (χ0) is 28.1. The van der Waals surface area contributed by atoms with Gasteiger partial charge in [-0.1, -0.05) is 63.2 Å². The summed E-state index contributed by atoms with van der Waals surface area (Å²) in [6.45, 7) is 11.8. The van der Waals surface area contributed by atoms with Gasteiger partial charge in [0.25, 0.3) is 0 Å². The second-order valence-corrected chi connectivity index (χ2v) is 11.5. The normalized spacial score (nSPS) is 13.5. The minimum atomic E-state index is -0.872. The van der Waals surface area contributed by atoms with E-state index in [2.05, 4.69) is 32.9 Å². The molecular formula is C32H40O6. The lowest BCUT2D eigenvalue weighted by Crippen LogP contribution is -2.26. The summed E-state index contributed by atoms with van der Waals surface area (Å²) < 4.78 is 10.4. The number of hydrogen-bond donors (Lipinski definition) is 3. The van der Waals surface area contributed by atoms with Gasteiger partial charge in [-0.25, -0.2) is 4.79 Å². The van der Waals surface area contributed by atoms with Crippen LogP contribution in [0.25, 0.3) is 0 Å². The SMILES string of the molecule is CCC(CC(CC(C)(C)c1ccccc1)c1ccc(O)c(O)c1)c1ccc(OC(=O)OC(C)(C)C)c(O)c1. The highest BCUT2D eigenvalue weighted by atomic mass is 16.7. The molecular weight excluding hydrogens is 480 g/mol. The minimum Gasteiger partial charge on any atom is -0.504 e. The molecule has 0 aromatic heterocycles. The largest absolute Gasteiger partial charge is 0.514 e. The number of aromatic hydroxyl groups is 3. The first-order valence-electron chi connectivity index (χ1n) is 13.1. The second kappa shape index (κ2) is 11.8. The highest BCUT2D eigenvalue weighted by molar-refractivity contribution is 5.66. The Morgan fingerprint density at radius 1 is 0.789 bits per heavy atom. The minimum absolute atomic E-state index is 0.0445. The van der Waals surface area contributed by atoms with Crippen molar-refractivity contribution in [3.05, 3.63) is 83.4 Å². The van der Waals surface area contributed by atoms with Crippen molar-refractivity contribution in [1.82, 2.24) is 0 Å². The van der Waals surface area contributed by atoms with Gasteiger partial charge in [0.15, 0.2) is 23.0 Å². The molecule has 38 heavy (non-hydrogen) atoms. The summed E-state index contributed by atoms with van der Waals surface area (Å²) in [4.78, 5) is 12.1. The molecule has 0 amide bonds. The Morgan fingerprint density at radius 3 is 1.97 bits per heavy atom. The maximum Gasteiger partial charge on any atom is 0.514 e. The van der Waals surface area contributed by atoms with Gasteiger partial charge in [0.2, 0.25) is 0 Å². The summed E-state index contributed by atoms with van der Waals surface area (Å²) in [7, 11) is 0. The molecule has 0 bridgehead atoms. The third-order valence-electron chi connectivity index (χ3n) is 6.88. The molecule has 3 aromatic carbocycles. The van der Waals surface area contributed by atoms with Crippen LogP contribution < -0.4 is 4.74 Å². The fourth-order valence-electron chi connectivity index (χ4n) is 4.87. The molecule has 3 aromatic rings. The van der Waals surface area contributed by atoms with E-state index in [0.717, 1.165) is 30.4 Å². The van der Waals surface area contributed by atoms with Crippen LogP contribution in [-0.4, -0.2) is 27.1 Å². The third-order valence-corrected chi connectivity index (χ3v) is 6.88. The fourth-order valence-corrected chi connectivity index (χ4v) is 4.87. The number of benzene rings is 3. The van der Waals surface area contributed by atoms with Gasteiger partial charge in [-0.05, 0) is 98.2 Å². The van der Waals surface area contributed by atoms with Crippen molar-refractivity contribution < 1.29 is 29.6 Å². The van der Waals surface area contributed by atoms with Crippen LogP contribution >= 0.6 is 0 Å². The van der Waals surface area contributed by atoms with Gasteiger partial charge in [-0.15, -0.1) is 0 Å². The van der Waals surface area contributed by atoms with Crippen LogP contribution in [0.4, 0.5) is 4.79 Å². The van der Waals surface area contributed by atoms with Crippen molar-refractivity contribution in [2.24, 2.45) is 0 Å². The number of phenols is 3. The Bertz CT molecular complexity index is 1230. The fraction of sp³-hybridized carbons (Fsp3) is 0.406. The zero-order valence-corrected chi connectivity index (χ0v) is 23.2.